The highest BCUT2D eigenvalue weighted by Gasteiger charge is 2.11. The van der Waals surface area contributed by atoms with Crippen molar-refractivity contribution in [3.05, 3.63) is 70.0 Å². The lowest BCUT2D eigenvalue weighted by Crippen LogP contribution is -2.17. The van der Waals surface area contributed by atoms with Gasteiger partial charge in [-0.05, 0) is 42.0 Å². The molecule has 0 saturated heterocycles. The van der Waals surface area contributed by atoms with Crippen LogP contribution in [-0.2, 0) is 4.79 Å². The summed E-state index contributed by atoms with van der Waals surface area (Å²) in [7, 11) is 1.52. The monoisotopic (exact) mass is 357 g/mol. The van der Waals surface area contributed by atoms with E-state index < -0.39 is 11.7 Å². The van der Waals surface area contributed by atoms with Gasteiger partial charge in [0.15, 0.2) is 0 Å². The number of halogens is 2. The molecule has 0 unspecified atom stereocenters. The molecule has 2 aromatic carbocycles. The van der Waals surface area contributed by atoms with E-state index in [-0.39, 0.29) is 22.2 Å². The van der Waals surface area contributed by atoms with E-state index in [4.69, 9.17) is 11.6 Å². The van der Waals surface area contributed by atoms with Crippen molar-refractivity contribution in [3.63, 3.8) is 0 Å². The summed E-state index contributed by atoms with van der Waals surface area (Å²) in [5.41, 5.74) is 1.17. The fourth-order valence-electron chi connectivity index (χ4n) is 1.96. The van der Waals surface area contributed by atoms with Crippen LogP contribution in [0, 0.1) is 17.1 Å². The van der Waals surface area contributed by atoms with Crippen molar-refractivity contribution in [3.8, 4) is 6.07 Å². The van der Waals surface area contributed by atoms with Gasteiger partial charge in [-0.3, -0.25) is 9.59 Å². The van der Waals surface area contributed by atoms with Crippen LogP contribution >= 0.6 is 11.6 Å². The summed E-state index contributed by atoms with van der Waals surface area (Å²) in [5.74, 6) is -1.49. The van der Waals surface area contributed by atoms with E-state index in [0.29, 0.717) is 11.1 Å². The molecule has 0 atom stereocenters. The van der Waals surface area contributed by atoms with Crippen LogP contribution in [-0.4, -0.2) is 18.9 Å². The van der Waals surface area contributed by atoms with E-state index in [0.717, 1.165) is 6.07 Å². The molecule has 0 radical (unpaired) electrons. The van der Waals surface area contributed by atoms with Crippen LogP contribution in [0.15, 0.2) is 48.0 Å². The van der Waals surface area contributed by atoms with Gasteiger partial charge in [0.05, 0.1) is 5.02 Å². The number of anilines is 1. The van der Waals surface area contributed by atoms with E-state index in [9.17, 15) is 19.2 Å². The number of hydrogen-bond donors (Lipinski definition) is 2. The maximum absolute atomic E-state index is 13.1. The molecule has 25 heavy (non-hydrogen) atoms. The molecule has 0 saturated carbocycles. The first-order valence-corrected chi connectivity index (χ1v) is 7.52. The van der Waals surface area contributed by atoms with Gasteiger partial charge in [-0.2, -0.15) is 5.26 Å². The molecule has 0 bridgehead atoms. The Morgan fingerprint density at radius 2 is 1.88 bits per heavy atom. The van der Waals surface area contributed by atoms with E-state index >= 15 is 0 Å². The average molecular weight is 358 g/mol. The Morgan fingerprint density at radius 3 is 2.44 bits per heavy atom. The zero-order valence-corrected chi connectivity index (χ0v) is 13.9. The zero-order chi connectivity index (χ0) is 18.4. The van der Waals surface area contributed by atoms with Gasteiger partial charge in [0.2, 0.25) is 0 Å². The SMILES string of the molecule is CNC(=O)c1ccc(/C=C(/C#N)C(=O)Nc2ccc(F)c(Cl)c2)cc1. The molecule has 2 amide bonds. The Kier molecular flexibility index (Phi) is 5.88. The Bertz CT molecular complexity index is 886. The highest BCUT2D eigenvalue weighted by molar-refractivity contribution is 6.31. The molecule has 7 heteroatoms. The average Bonchev–Trinajstić information content (AvgIpc) is 2.62. The van der Waals surface area contributed by atoms with Gasteiger partial charge < -0.3 is 10.6 Å². The molecular formula is C18H13ClFN3O2. The predicted octanol–water partition coefficient (Wildman–Crippen LogP) is 3.38. The first-order chi connectivity index (χ1) is 11.9. The Hall–Kier alpha value is -3.17. The molecule has 0 aliphatic rings. The van der Waals surface area contributed by atoms with E-state index in [1.165, 1.54) is 25.3 Å². The molecule has 126 valence electrons. The lowest BCUT2D eigenvalue weighted by Gasteiger charge is -2.05. The first-order valence-electron chi connectivity index (χ1n) is 7.15. The second-order valence-electron chi connectivity index (χ2n) is 4.95. The number of carbonyl (C=O) groups is 2. The van der Waals surface area contributed by atoms with Crippen molar-refractivity contribution in [2.24, 2.45) is 0 Å². The summed E-state index contributed by atoms with van der Waals surface area (Å²) in [6.45, 7) is 0. The smallest absolute Gasteiger partial charge is 0.266 e. The topological polar surface area (TPSA) is 82.0 Å². The largest absolute Gasteiger partial charge is 0.355 e. The van der Waals surface area contributed by atoms with Crippen LogP contribution in [0.25, 0.3) is 6.08 Å². The maximum atomic E-state index is 13.1. The summed E-state index contributed by atoms with van der Waals surface area (Å²) in [6.07, 6.45) is 1.38. The molecule has 2 aromatic rings. The molecule has 0 aliphatic heterocycles. The highest BCUT2D eigenvalue weighted by atomic mass is 35.5. The Morgan fingerprint density at radius 1 is 1.20 bits per heavy atom. The minimum atomic E-state index is -0.652. The van der Waals surface area contributed by atoms with Crippen molar-refractivity contribution >= 4 is 35.2 Å². The Balaban J connectivity index is 2.18. The zero-order valence-electron chi connectivity index (χ0n) is 13.1. The lowest BCUT2D eigenvalue weighted by atomic mass is 10.1. The maximum Gasteiger partial charge on any atom is 0.266 e. The first kappa shape index (κ1) is 18.2. The summed E-state index contributed by atoms with van der Waals surface area (Å²) in [6, 6.07) is 11.9. The molecule has 0 aromatic heterocycles. The minimum Gasteiger partial charge on any atom is -0.355 e. The van der Waals surface area contributed by atoms with Crippen LogP contribution in [0.2, 0.25) is 5.02 Å². The fourth-order valence-corrected chi connectivity index (χ4v) is 2.14. The molecule has 0 aliphatic carbocycles. The van der Waals surface area contributed by atoms with Crippen LogP contribution in [0.3, 0.4) is 0 Å². The van der Waals surface area contributed by atoms with E-state index in [1.807, 2.05) is 6.07 Å². The van der Waals surface area contributed by atoms with E-state index in [2.05, 4.69) is 10.6 Å². The van der Waals surface area contributed by atoms with Gasteiger partial charge in [0, 0.05) is 18.3 Å². The number of benzene rings is 2. The number of rotatable bonds is 4. The third kappa shape index (κ3) is 4.66. The van der Waals surface area contributed by atoms with Crippen molar-refractivity contribution in [1.29, 1.82) is 5.26 Å². The minimum absolute atomic E-state index is 0.134. The fraction of sp³-hybridized carbons (Fsp3) is 0.0556. The molecule has 5 nitrogen and oxygen atoms in total. The predicted molar refractivity (Wildman–Crippen MR) is 93.5 cm³/mol. The highest BCUT2D eigenvalue weighted by Crippen LogP contribution is 2.20. The molecule has 2 N–H and O–H groups in total. The van der Waals surface area contributed by atoms with Crippen molar-refractivity contribution < 1.29 is 14.0 Å². The van der Waals surface area contributed by atoms with Gasteiger partial charge >= 0.3 is 0 Å². The second kappa shape index (κ2) is 8.08. The van der Waals surface area contributed by atoms with Gasteiger partial charge in [-0.1, -0.05) is 23.7 Å². The lowest BCUT2D eigenvalue weighted by molar-refractivity contribution is -0.112. The van der Waals surface area contributed by atoms with Gasteiger partial charge in [0.25, 0.3) is 11.8 Å². The third-order valence-electron chi connectivity index (χ3n) is 3.25. The number of amides is 2. The third-order valence-corrected chi connectivity index (χ3v) is 3.54. The number of nitrogens with one attached hydrogen (secondary N) is 2. The summed E-state index contributed by atoms with van der Waals surface area (Å²) in [4.78, 5) is 23.6. The van der Waals surface area contributed by atoms with Crippen LogP contribution in [0.4, 0.5) is 10.1 Å². The van der Waals surface area contributed by atoms with Crippen molar-refractivity contribution in [2.75, 3.05) is 12.4 Å². The quantitative estimate of drug-likeness (QED) is 0.650. The normalized spacial score (nSPS) is 10.7. The summed E-state index contributed by atoms with van der Waals surface area (Å²) >= 11 is 5.65. The number of nitrogens with zero attached hydrogens (tertiary/aromatic N) is 1. The molecular weight excluding hydrogens is 345 g/mol. The molecule has 2 rings (SSSR count). The van der Waals surface area contributed by atoms with Gasteiger partial charge in [0.1, 0.15) is 17.5 Å². The van der Waals surface area contributed by atoms with E-state index in [1.54, 1.807) is 24.3 Å². The van der Waals surface area contributed by atoms with Crippen LogP contribution in [0.5, 0.6) is 0 Å². The number of hydrogen-bond acceptors (Lipinski definition) is 3. The van der Waals surface area contributed by atoms with Crippen molar-refractivity contribution in [1.82, 2.24) is 5.32 Å². The number of carbonyl (C=O) groups excluding carboxylic acids is 2. The second-order valence-corrected chi connectivity index (χ2v) is 5.36. The van der Waals surface area contributed by atoms with Gasteiger partial charge in [-0.25, -0.2) is 4.39 Å². The van der Waals surface area contributed by atoms with Crippen LogP contribution < -0.4 is 10.6 Å². The van der Waals surface area contributed by atoms with Crippen LogP contribution in [0.1, 0.15) is 15.9 Å². The molecule has 0 fully saturated rings. The van der Waals surface area contributed by atoms with Crippen molar-refractivity contribution in [2.45, 2.75) is 0 Å². The summed E-state index contributed by atoms with van der Waals surface area (Å²) < 4.78 is 13.1. The summed E-state index contributed by atoms with van der Waals surface area (Å²) in [5, 5.41) is 14.0. The molecule has 0 heterocycles. The standard InChI is InChI=1S/C18H13ClFN3O2/c1-22-17(24)12-4-2-11(3-5-12)8-13(10-21)18(25)23-14-6-7-16(20)15(19)9-14/h2-9H,1H3,(H,22,24)(H,23,25)/b13-8-. The van der Waals surface area contributed by atoms with Gasteiger partial charge in [-0.15, -0.1) is 0 Å². The molecule has 0 spiro atoms. The number of nitriles is 1. The Labute approximate surface area is 148 Å².